The van der Waals surface area contributed by atoms with Gasteiger partial charge in [0.05, 0.1) is 18.3 Å². The molecular weight excluding hydrogens is 192 g/mol. The summed E-state index contributed by atoms with van der Waals surface area (Å²) in [5, 5.41) is 19.4. The maximum atomic E-state index is 10.1. The van der Waals surface area contributed by atoms with E-state index in [1.165, 1.54) is 0 Å². The van der Waals surface area contributed by atoms with Gasteiger partial charge in [-0.3, -0.25) is 0 Å². The van der Waals surface area contributed by atoms with E-state index >= 15 is 0 Å². The fourth-order valence-electron chi connectivity index (χ4n) is 2.75. The Morgan fingerprint density at radius 3 is 2.73 bits per heavy atom. The van der Waals surface area contributed by atoms with E-state index in [-0.39, 0.29) is 36.8 Å². The van der Waals surface area contributed by atoms with Crippen LogP contribution in [0.5, 0.6) is 0 Å². The second-order valence-electron chi connectivity index (χ2n) is 4.58. The smallest absolute Gasteiger partial charge is 0.0822 e. The lowest BCUT2D eigenvalue weighted by Gasteiger charge is -2.27. The van der Waals surface area contributed by atoms with Crippen LogP contribution >= 0.6 is 0 Å². The van der Waals surface area contributed by atoms with Gasteiger partial charge in [0.2, 0.25) is 0 Å². The number of ether oxygens (including phenoxy) is 1. The van der Waals surface area contributed by atoms with Crippen molar-refractivity contribution in [3.8, 4) is 0 Å². The molecule has 3 nitrogen and oxygen atoms in total. The van der Waals surface area contributed by atoms with Crippen molar-refractivity contribution in [1.82, 2.24) is 0 Å². The SMILES string of the molecule is CCCC[C@@H](O)[C@H]1[C@@H](CO)[C@@H]2C=C[C@H]1O2. The summed E-state index contributed by atoms with van der Waals surface area (Å²) in [5.74, 6) is 0.184. The number of hydrogen-bond acceptors (Lipinski definition) is 3. The molecular formula is C12H20O3. The Bertz CT molecular complexity index is 239. The van der Waals surface area contributed by atoms with Crippen LogP contribution < -0.4 is 0 Å². The van der Waals surface area contributed by atoms with E-state index in [1.54, 1.807) is 0 Å². The van der Waals surface area contributed by atoms with Crippen molar-refractivity contribution in [3.63, 3.8) is 0 Å². The molecule has 2 bridgehead atoms. The zero-order valence-electron chi connectivity index (χ0n) is 9.17. The van der Waals surface area contributed by atoms with Crippen molar-refractivity contribution < 1.29 is 14.9 Å². The fourth-order valence-corrected chi connectivity index (χ4v) is 2.75. The largest absolute Gasteiger partial charge is 0.396 e. The van der Waals surface area contributed by atoms with Gasteiger partial charge < -0.3 is 14.9 Å². The number of aliphatic hydroxyl groups excluding tert-OH is 2. The highest BCUT2D eigenvalue weighted by molar-refractivity contribution is 5.15. The normalized spacial score (nSPS) is 39.9. The van der Waals surface area contributed by atoms with Gasteiger partial charge in [-0.1, -0.05) is 31.9 Å². The minimum absolute atomic E-state index is 0.0269. The van der Waals surface area contributed by atoms with Crippen LogP contribution in [-0.2, 0) is 4.74 Å². The summed E-state index contributed by atoms with van der Waals surface area (Å²) in [7, 11) is 0. The Morgan fingerprint density at radius 2 is 2.07 bits per heavy atom. The van der Waals surface area contributed by atoms with Gasteiger partial charge in [-0.2, -0.15) is 0 Å². The molecule has 86 valence electrons. The Labute approximate surface area is 90.8 Å². The lowest BCUT2D eigenvalue weighted by Crippen LogP contribution is -2.36. The molecule has 3 heteroatoms. The molecule has 2 N–H and O–H groups in total. The summed E-state index contributed by atoms with van der Waals surface area (Å²) in [4.78, 5) is 0. The second-order valence-corrected chi connectivity index (χ2v) is 4.58. The van der Waals surface area contributed by atoms with Gasteiger partial charge in [-0.25, -0.2) is 0 Å². The van der Waals surface area contributed by atoms with E-state index in [9.17, 15) is 10.2 Å². The van der Waals surface area contributed by atoms with E-state index in [0.717, 1.165) is 19.3 Å². The van der Waals surface area contributed by atoms with Crippen molar-refractivity contribution in [2.45, 2.75) is 44.5 Å². The third-order valence-electron chi connectivity index (χ3n) is 3.61. The molecule has 15 heavy (non-hydrogen) atoms. The van der Waals surface area contributed by atoms with Crippen LogP contribution in [0.25, 0.3) is 0 Å². The first-order valence-corrected chi connectivity index (χ1v) is 5.90. The monoisotopic (exact) mass is 212 g/mol. The summed E-state index contributed by atoms with van der Waals surface area (Å²) in [5.41, 5.74) is 0. The Kier molecular flexibility index (Phi) is 3.44. The second kappa shape index (κ2) is 4.64. The number of rotatable bonds is 5. The molecule has 1 fully saturated rings. The molecule has 0 spiro atoms. The predicted molar refractivity (Wildman–Crippen MR) is 57.4 cm³/mol. The van der Waals surface area contributed by atoms with Crippen LogP contribution in [-0.4, -0.2) is 35.1 Å². The third-order valence-corrected chi connectivity index (χ3v) is 3.61. The van der Waals surface area contributed by atoms with Gasteiger partial charge in [0.25, 0.3) is 0 Å². The molecule has 0 saturated carbocycles. The molecule has 0 aliphatic carbocycles. The van der Waals surface area contributed by atoms with Crippen LogP contribution in [0.3, 0.4) is 0 Å². The molecule has 2 heterocycles. The van der Waals surface area contributed by atoms with E-state index in [4.69, 9.17) is 4.74 Å². The first-order chi connectivity index (χ1) is 7.27. The highest BCUT2D eigenvalue weighted by Crippen LogP contribution is 2.41. The first kappa shape index (κ1) is 11.1. The van der Waals surface area contributed by atoms with E-state index in [1.807, 2.05) is 12.2 Å². The molecule has 0 amide bonds. The Hall–Kier alpha value is -0.380. The molecule has 2 aliphatic rings. The summed E-state index contributed by atoms with van der Waals surface area (Å²) in [6.45, 7) is 2.23. The van der Waals surface area contributed by atoms with Crippen molar-refractivity contribution in [3.05, 3.63) is 12.2 Å². The average Bonchev–Trinajstić information content (AvgIpc) is 2.84. The summed E-state index contributed by atoms with van der Waals surface area (Å²) in [6.07, 6.45) is 6.71. The quantitative estimate of drug-likeness (QED) is 0.671. The summed E-state index contributed by atoms with van der Waals surface area (Å²) < 4.78 is 5.66. The van der Waals surface area contributed by atoms with Gasteiger partial charge in [0.1, 0.15) is 0 Å². The maximum absolute atomic E-state index is 10.1. The van der Waals surface area contributed by atoms with Crippen molar-refractivity contribution in [2.24, 2.45) is 11.8 Å². The third kappa shape index (κ3) is 1.96. The minimum Gasteiger partial charge on any atom is -0.396 e. The van der Waals surface area contributed by atoms with Crippen LogP contribution in [0.2, 0.25) is 0 Å². The van der Waals surface area contributed by atoms with E-state index in [0.29, 0.717) is 0 Å². The Morgan fingerprint density at radius 1 is 1.33 bits per heavy atom. The highest BCUT2D eigenvalue weighted by atomic mass is 16.5. The molecule has 0 radical (unpaired) electrons. The van der Waals surface area contributed by atoms with E-state index < -0.39 is 0 Å². The number of unbranched alkanes of at least 4 members (excludes halogenated alkanes) is 1. The topological polar surface area (TPSA) is 49.7 Å². The van der Waals surface area contributed by atoms with Crippen LogP contribution in [0.1, 0.15) is 26.2 Å². The van der Waals surface area contributed by atoms with Gasteiger partial charge in [0, 0.05) is 18.4 Å². The number of aliphatic hydroxyl groups is 2. The van der Waals surface area contributed by atoms with Crippen molar-refractivity contribution in [1.29, 1.82) is 0 Å². The molecule has 0 aromatic carbocycles. The van der Waals surface area contributed by atoms with Crippen LogP contribution in [0.4, 0.5) is 0 Å². The van der Waals surface area contributed by atoms with Crippen LogP contribution in [0, 0.1) is 11.8 Å². The zero-order valence-corrected chi connectivity index (χ0v) is 9.17. The van der Waals surface area contributed by atoms with Crippen molar-refractivity contribution in [2.75, 3.05) is 6.61 Å². The molecule has 0 aromatic rings. The molecule has 2 rings (SSSR count). The highest BCUT2D eigenvalue weighted by Gasteiger charge is 2.48. The number of fused-ring (bicyclic) bond motifs is 2. The molecule has 5 atom stereocenters. The number of hydrogen-bond donors (Lipinski definition) is 2. The van der Waals surface area contributed by atoms with Gasteiger partial charge in [-0.05, 0) is 6.42 Å². The predicted octanol–water partition coefficient (Wildman–Crippen LogP) is 1.10. The molecule has 0 aromatic heterocycles. The standard InChI is InChI=1S/C12H20O3/c1-2-3-4-9(14)12-8(7-13)10-5-6-11(12)15-10/h5-6,8-14H,2-4,7H2,1H3/t8-,9+,10-,11+,12+/m0/s1. The minimum atomic E-state index is -0.331. The zero-order chi connectivity index (χ0) is 10.8. The van der Waals surface area contributed by atoms with Gasteiger partial charge >= 0.3 is 0 Å². The average molecular weight is 212 g/mol. The first-order valence-electron chi connectivity index (χ1n) is 5.90. The molecule has 2 aliphatic heterocycles. The van der Waals surface area contributed by atoms with E-state index in [2.05, 4.69) is 6.92 Å². The maximum Gasteiger partial charge on any atom is 0.0822 e. The Balaban J connectivity index is 1.98. The van der Waals surface area contributed by atoms with Crippen molar-refractivity contribution >= 4 is 0 Å². The fraction of sp³-hybridized carbons (Fsp3) is 0.833. The van der Waals surface area contributed by atoms with Crippen LogP contribution in [0.15, 0.2) is 12.2 Å². The summed E-state index contributed by atoms with van der Waals surface area (Å²) in [6, 6.07) is 0. The summed E-state index contributed by atoms with van der Waals surface area (Å²) >= 11 is 0. The van der Waals surface area contributed by atoms with Gasteiger partial charge in [0.15, 0.2) is 0 Å². The van der Waals surface area contributed by atoms with Gasteiger partial charge in [-0.15, -0.1) is 0 Å². The molecule has 0 unspecified atom stereocenters. The lowest BCUT2D eigenvalue weighted by molar-refractivity contribution is 0.0404. The lowest BCUT2D eigenvalue weighted by atomic mass is 9.78. The molecule has 1 saturated heterocycles.